The second-order valence-corrected chi connectivity index (χ2v) is 3.50. The third kappa shape index (κ3) is 4.13. The summed E-state index contributed by atoms with van der Waals surface area (Å²) in [6.07, 6.45) is 1.69. The number of hydrogen-bond donors (Lipinski definition) is 0. The third-order valence-corrected chi connectivity index (χ3v) is 2.32. The molecule has 0 aliphatic heterocycles. The summed E-state index contributed by atoms with van der Waals surface area (Å²) >= 11 is 0. The lowest BCUT2D eigenvalue weighted by atomic mass is 10.2. The van der Waals surface area contributed by atoms with Gasteiger partial charge in [0.05, 0.1) is 19.3 Å². The number of hydrogen-bond acceptors (Lipinski definition) is 4. The minimum atomic E-state index is -0.345. The number of rotatable bonds is 6. The molecule has 0 spiro atoms. The van der Waals surface area contributed by atoms with Crippen molar-refractivity contribution in [3.63, 3.8) is 0 Å². The molecule has 0 atom stereocenters. The molecular weight excluding hydrogens is 232 g/mol. The summed E-state index contributed by atoms with van der Waals surface area (Å²) in [6.45, 7) is 4.09. The van der Waals surface area contributed by atoms with Crippen molar-refractivity contribution in [2.24, 2.45) is 0 Å². The van der Waals surface area contributed by atoms with E-state index in [2.05, 4.69) is 0 Å². The van der Waals surface area contributed by atoms with Crippen LogP contribution in [0, 0.1) is 0 Å². The van der Waals surface area contributed by atoms with Gasteiger partial charge in [-0.3, -0.25) is 0 Å². The van der Waals surface area contributed by atoms with E-state index in [4.69, 9.17) is 14.2 Å². The van der Waals surface area contributed by atoms with Crippen LogP contribution >= 0.6 is 0 Å². The fraction of sp³-hybridized carbons (Fsp3) is 0.357. The minimum absolute atomic E-state index is 0.183. The summed E-state index contributed by atoms with van der Waals surface area (Å²) in [6, 6.07) is 7.22. The first-order valence-corrected chi connectivity index (χ1v) is 5.80. The van der Waals surface area contributed by atoms with Crippen LogP contribution in [0.4, 0.5) is 0 Å². The average molecular weight is 250 g/mol. The van der Waals surface area contributed by atoms with Crippen molar-refractivity contribution >= 4 is 5.97 Å². The van der Waals surface area contributed by atoms with Crippen LogP contribution in [0.5, 0.6) is 11.5 Å². The molecule has 18 heavy (non-hydrogen) atoms. The summed E-state index contributed by atoms with van der Waals surface area (Å²) < 4.78 is 15.5. The molecule has 0 amide bonds. The molecule has 0 aliphatic carbocycles. The summed E-state index contributed by atoms with van der Waals surface area (Å²) in [5.41, 5.74) is 0.500. The van der Waals surface area contributed by atoms with Gasteiger partial charge in [-0.1, -0.05) is 12.1 Å². The standard InChI is InChI=1S/C14H18O4/c1-4-11(14(15)17-5-2)10-18-13-8-6-7-12(9-13)16-3/h4,6-9H,5,10H2,1-3H3/b11-4+. The van der Waals surface area contributed by atoms with E-state index in [9.17, 15) is 4.79 Å². The Balaban J connectivity index is 2.60. The Bertz CT molecular complexity index is 424. The first-order chi connectivity index (χ1) is 8.71. The maximum atomic E-state index is 11.5. The van der Waals surface area contributed by atoms with Crippen molar-refractivity contribution in [3.8, 4) is 11.5 Å². The smallest absolute Gasteiger partial charge is 0.337 e. The number of benzene rings is 1. The largest absolute Gasteiger partial charge is 0.497 e. The van der Waals surface area contributed by atoms with Gasteiger partial charge in [-0.25, -0.2) is 4.79 Å². The minimum Gasteiger partial charge on any atom is -0.497 e. The molecule has 98 valence electrons. The SMILES string of the molecule is C/C=C(\COc1cccc(OC)c1)C(=O)OCC. The summed E-state index contributed by atoms with van der Waals surface area (Å²) in [5, 5.41) is 0. The predicted octanol–water partition coefficient (Wildman–Crippen LogP) is 2.58. The zero-order valence-corrected chi connectivity index (χ0v) is 10.9. The highest BCUT2D eigenvalue weighted by Crippen LogP contribution is 2.19. The zero-order chi connectivity index (χ0) is 13.4. The Hall–Kier alpha value is -1.97. The highest BCUT2D eigenvalue weighted by Gasteiger charge is 2.10. The van der Waals surface area contributed by atoms with E-state index in [1.54, 1.807) is 39.2 Å². The van der Waals surface area contributed by atoms with Crippen molar-refractivity contribution < 1.29 is 19.0 Å². The van der Waals surface area contributed by atoms with Crippen LogP contribution in [-0.2, 0) is 9.53 Å². The number of allylic oxidation sites excluding steroid dienone is 1. The fourth-order valence-electron chi connectivity index (χ4n) is 1.34. The summed E-state index contributed by atoms with van der Waals surface area (Å²) in [4.78, 5) is 11.5. The summed E-state index contributed by atoms with van der Waals surface area (Å²) in [5.74, 6) is 1.02. The molecule has 0 bridgehead atoms. The van der Waals surface area contributed by atoms with Crippen molar-refractivity contribution in [2.45, 2.75) is 13.8 Å². The second kappa shape index (κ2) is 7.37. The van der Waals surface area contributed by atoms with Gasteiger partial charge in [-0.15, -0.1) is 0 Å². The molecule has 0 aliphatic rings. The van der Waals surface area contributed by atoms with Crippen molar-refractivity contribution in [2.75, 3.05) is 20.3 Å². The maximum absolute atomic E-state index is 11.5. The van der Waals surface area contributed by atoms with E-state index in [0.29, 0.717) is 23.7 Å². The third-order valence-electron chi connectivity index (χ3n) is 2.32. The van der Waals surface area contributed by atoms with Crippen molar-refractivity contribution in [1.29, 1.82) is 0 Å². The molecule has 0 unspecified atom stereocenters. The lowest BCUT2D eigenvalue weighted by Gasteiger charge is -2.09. The highest BCUT2D eigenvalue weighted by molar-refractivity contribution is 5.88. The van der Waals surface area contributed by atoms with Gasteiger partial charge >= 0.3 is 5.97 Å². The zero-order valence-electron chi connectivity index (χ0n) is 10.9. The molecule has 0 saturated carbocycles. The monoisotopic (exact) mass is 250 g/mol. The quantitative estimate of drug-likeness (QED) is 0.575. The second-order valence-electron chi connectivity index (χ2n) is 3.50. The lowest BCUT2D eigenvalue weighted by molar-refractivity contribution is -0.138. The first-order valence-electron chi connectivity index (χ1n) is 5.80. The van der Waals surface area contributed by atoms with Gasteiger partial charge in [0.25, 0.3) is 0 Å². The Morgan fingerprint density at radius 2 is 2.06 bits per heavy atom. The van der Waals surface area contributed by atoms with Crippen LogP contribution in [0.15, 0.2) is 35.9 Å². The number of ether oxygens (including phenoxy) is 3. The van der Waals surface area contributed by atoms with E-state index >= 15 is 0 Å². The average Bonchev–Trinajstić information content (AvgIpc) is 2.40. The van der Waals surface area contributed by atoms with Crippen LogP contribution in [0.25, 0.3) is 0 Å². The van der Waals surface area contributed by atoms with Crippen LogP contribution in [0.3, 0.4) is 0 Å². The van der Waals surface area contributed by atoms with Gasteiger partial charge < -0.3 is 14.2 Å². The van der Waals surface area contributed by atoms with Gasteiger partial charge in [0.2, 0.25) is 0 Å². The lowest BCUT2D eigenvalue weighted by Crippen LogP contribution is -2.14. The number of carbonyl (C=O) groups excluding carboxylic acids is 1. The van der Waals surface area contributed by atoms with Crippen molar-refractivity contribution in [1.82, 2.24) is 0 Å². The Morgan fingerprint density at radius 1 is 1.33 bits per heavy atom. The van der Waals surface area contributed by atoms with Crippen molar-refractivity contribution in [3.05, 3.63) is 35.9 Å². The predicted molar refractivity (Wildman–Crippen MR) is 68.9 cm³/mol. The van der Waals surface area contributed by atoms with Crippen LogP contribution in [0.1, 0.15) is 13.8 Å². The summed E-state index contributed by atoms with van der Waals surface area (Å²) in [7, 11) is 1.59. The van der Waals surface area contributed by atoms with E-state index in [1.807, 2.05) is 12.1 Å². The molecule has 1 rings (SSSR count). The van der Waals surface area contributed by atoms with E-state index in [0.717, 1.165) is 0 Å². The fourth-order valence-corrected chi connectivity index (χ4v) is 1.34. The molecule has 0 radical (unpaired) electrons. The Labute approximate surface area is 107 Å². The molecule has 0 N–H and O–H groups in total. The van der Waals surface area contributed by atoms with Gasteiger partial charge in [-0.05, 0) is 26.0 Å². The molecule has 1 aromatic rings. The van der Waals surface area contributed by atoms with E-state index in [1.165, 1.54) is 0 Å². The molecule has 0 fully saturated rings. The topological polar surface area (TPSA) is 44.8 Å². The number of carbonyl (C=O) groups is 1. The van der Waals surface area contributed by atoms with E-state index < -0.39 is 0 Å². The number of methoxy groups -OCH3 is 1. The van der Waals surface area contributed by atoms with Crippen LogP contribution in [0.2, 0.25) is 0 Å². The van der Waals surface area contributed by atoms with E-state index in [-0.39, 0.29) is 12.6 Å². The molecular formula is C14H18O4. The highest BCUT2D eigenvalue weighted by atomic mass is 16.5. The number of esters is 1. The molecule has 0 saturated heterocycles. The molecule has 4 heteroatoms. The normalized spacial score (nSPS) is 10.9. The Morgan fingerprint density at radius 3 is 2.67 bits per heavy atom. The molecule has 0 heterocycles. The van der Waals surface area contributed by atoms with Crippen LogP contribution < -0.4 is 9.47 Å². The van der Waals surface area contributed by atoms with Gasteiger partial charge in [-0.2, -0.15) is 0 Å². The maximum Gasteiger partial charge on any atom is 0.337 e. The molecule has 1 aromatic carbocycles. The Kier molecular flexibility index (Phi) is 5.77. The van der Waals surface area contributed by atoms with Gasteiger partial charge in [0, 0.05) is 6.07 Å². The van der Waals surface area contributed by atoms with Gasteiger partial charge in [0.1, 0.15) is 18.1 Å². The van der Waals surface area contributed by atoms with Gasteiger partial charge in [0.15, 0.2) is 0 Å². The van der Waals surface area contributed by atoms with Crippen LogP contribution in [-0.4, -0.2) is 26.3 Å². The first kappa shape index (κ1) is 14.1. The molecule has 4 nitrogen and oxygen atoms in total. The molecule has 0 aromatic heterocycles.